The minimum Gasteiger partial charge on any atom is -0.342 e. The average Bonchev–Trinajstić information content (AvgIpc) is 2.68. The van der Waals surface area contributed by atoms with Crippen molar-refractivity contribution < 1.29 is 0 Å². The minimum atomic E-state index is 1.01. The predicted octanol–water partition coefficient (Wildman–Crippen LogP) is 3.08. The fourth-order valence-electron chi connectivity index (χ4n) is 2.27. The molecule has 0 saturated carbocycles. The van der Waals surface area contributed by atoms with Crippen molar-refractivity contribution in [2.75, 3.05) is 6.54 Å². The van der Waals surface area contributed by atoms with Gasteiger partial charge in [-0.3, -0.25) is 0 Å². The van der Waals surface area contributed by atoms with E-state index < -0.39 is 0 Å². The van der Waals surface area contributed by atoms with Crippen LogP contribution in [-0.2, 0) is 13.1 Å². The number of nitrogens with one attached hydrogen (secondary N) is 1. The smallest absolute Gasteiger partial charge is 0.0483 e. The van der Waals surface area contributed by atoms with Crippen LogP contribution in [0.2, 0.25) is 0 Å². The second kappa shape index (κ2) is 4.71. The number of aromatic nitrogens is 1. The van der Waals surface area contributed by atoms with Gasteiger partial charge in [-0.15, -0.1) is 0 Å². The van der Waals surface area contributed by atoms with Crippen LogP contribution in [0, 0.1) is 6.92 Å². The van der Waals surface area contributed by atoms with Gasteiger partial charge in [-0.25, -0.2) is 0 Å². The van der Waals surface area contributed by atoms with E-state index in [4.69, 9.17) is 0 Å². The van der Waals surface area contributed by atoms with Gasteiger partial charge >= 0.3 is 0 Å². The Morgan fingerprint density at radius 2 is 2.00 bits per heavy atom. The summed E-state index contributed by atoms with van der Waals surface area (Å²) in [4.78, 5) is 0. The van der Waals surface area contributed by atoms with E-state index in [0.29, 0.717) is 0 Å². The molecule has 0 unspecified atom stereocenters. The molecule has 0 amide bonds. The van der Waals surface area contributed by atoms with Crippen LogP contribution in [-0.4, -0.2) is 11.1 Å². The monoisotopic (exact) mass is 216 g/mol. The normalized spacial score (nSPS) is 14.2. The molecule has 0 radical (unpaired) electrons. The van der Waals surface area contributed by atoms with Gasteiger partial charge in [0.05, 0.1) is 0 Å². The van der Waals surface area contributed by atoms with Crippen LogP contribution in [0.1, 0.15) is 25.1 Å². The van der Waals surface area contributed by atoms with Crippen LogP contribution < -0.4 is 5.32 Å². The van der Waals surface area contributed by atoms with Gasteiger partial charge in [0, 0.05) is 36.2 Å². The van der Waals surface area contributed by atoms with Crippen LogP contribution in [0.5, 0.6) is 0 Å². The Hall–Kier alpha value is -1.28. The Balaban J connectivity index is 0.000000457. The van der Waals surface area contributed by atoms with E-state index in [1.54, 1.807) is 0 Å². The molecule has 0 aliphatic carbocycles. The van der Waals surface area contributed by atoms with Gasteiger partial charge in [0.1, 0.15) is 0 Å². The highest BCUT2D eigenvalue weighted by Gasteiger charge is 2.11. The second-order valence-corrected chi connectivity index (χ2v) is 4.03. The fraction of sp³-hybridized carbons (Fsp3) is 0.429. The molecule has 0 saturated heterocycles. The molecule has 1 aromatic heterocycles. The maximum absolute atomic E-state index is 3.40. The zero-order valence-electron chi connectivity index (χ0n) is 10.4. The maximum Gasteiger partial charge on any atom is 0.0483 e. The van der Waals surface area contributed by atoms with Crippen molar-refractivity contribution in [2.24, 2.45) is 0 Å². The van der Waals surface area contributed by atoms with Gasteiger partial charge in [0.25, 0.3) is 0 Å². The summed E-state index contributed by atoms with van der Waals surface area (Å²) in [5.41, 5.74) is 4.14. The van der Waals surface area contributed by atoms with Crippen LogP contribution in [0.15, 0.2) is 24.3 Å². The number of aryl methyl sites for hydroxylation is 1. The lowest BCUT2D eigenvalue weighted by molar-refractivity contribution is 0.527. The first-order valence-corrected chi connectivity index (χ1v) is 6.14. The molecule has 1 aliphatic rings. The molecular formula is C14H20N2. The first-order chi connectivity index (χ1) is 7.84. The van der Waals surface area contributed by atoms with Crippen LogP contribution in [0.25, 0.3) is 10.9 Å². The molecule has 1 N–H and O–H groups in total. The van der Waals surface area contributed by atoms with Gasteiger partial charge in [0.15, 0.2) is 0 Å². The van der Waals surface area contributed by atoms with Crippen LogP contribution in [0.3, 0.4) is 0 Å². The van der Waals surface area contributed by atoms with Gasteiger partial charge in [-0.2, -0.15) is 0 Å². The standard InChI is InChI=1S/C12H14N2.C2H6/c1-9-2-3-12-10(6-9)7-11-8-13-4-5-14(11)12;1-2/h2-3,6-7,13H,4-5,8H2,1H3;1-2H3. The molecule has 16 heavy (non-hydrogen) atoms. The molecule has 0 fully saturated rings. The Morgan fingerprint density at radius 1 is 1.19 bits per heavy atom. The number of rotatable bonds is 0. The Kier molecular flexibility index (Phi) is 3.30. The van der Waals surface area contributed by atoms with E-state index in [-0.39, 0.29) is 0 Å². The lowest BCUT2D eigenvalue weighted by Crippen LogP contribution is -2.27. The number of fused-ring (bicyclic) bond motifs is 3. The van der Waals surface area contributed by atoms with Gasteiger partial charge < -0.3 is 9.88 Å². The van der Waals surface area contributed by atoms with Crippen molar-refractivity contribution in [1.82, 2.24) is 9.88 Å². The molecule has 86 valence electrons. The highest BCUT2D eigenvalue weighted by molar-refractivity contribution is 5.82. The van der Waals surface area contributed by atoms with E-state index in [1.165, 1.54) is 22.2 Å². The van der Waals surface area contributed by atoms with Crippen molar-refractivity contribution in [3.05, 3.63) is 35.5 Å². The van der Waals surface area contributed by atoms with E-state index in [2.05, 4.69) is 41.1 Å². The SMILES string of the molecule is CC.Cc1ccc2c(c1)cc1n2CCNC1. The van der Waals surface area contributed by atoms with Crippen LogP contribution in [0.4, 0.5) is 0 Å². The molecule has 0 atom stereocenters. The number of nitrogens with zero attached hydrogens (tertiary/aromatic N) is 1. The Morgan fingerprint density at radius 3 is 2.81 bits per heavy atom. The fourth-order valence-corrected chi connectivity index (χ4v) is 2.27. The summed E-state index contributed by atoms with van der Waals surface area (Å²) in [6.07, 6.45) is 0. The summed E-state index contributed by atoms with van der Waals surface area (Å²) in [6.45, 7) is 9.34. The number of benzene rings is 1. The number of hydrogen-bond acceptors (Lipinski definition) is 1. The zero-order valence-corrected chi connectivity index (χ0v) is 10.4. The van der Waals surface area contributed by atoms with Gasteiger partial charge in [0.2, 0.25) is 0 Å². The first-order valence-electron chi connectivity index (χ1n) is 6.14. The van der Waals surface area contributed by atoms with Crippen LogP contribution >= 0.6 is 0 Å². The molecule has 1 aromatic carbocycles. The van der Waals surface area contributed by atoms with E-state index in [1.807, 2.05) is 13.8 Å². The molecular weight excluding hydrogens is 196 g/mol. The first kappa shape index (κ1) is 11.2. The van der Waals surface area contributed by atoms with E-state index in [0.717, 1.165) is 19.6 Å². The third-order valence-electron chi connectivity index (χ3n) is 2.96. The predicted molar refractivity (Wildman–Crippen MR) is 69.7 cm³/mol. The summed E-state index contributed by atoms with van der Waals surface area (Å²) < 4.78 is 2.42. The average molecular weight is 216 g/mol. The van der Waals surface area contributed by atoms with Crippen molar-refractivity contribution >= 4 is 10.9 Å². The third kappa shape index (κ3) is 1.85. The molecule has 2 aromatic rings. The van der Waals surface area contributed by atoms with Crippen molar-refractivity contribution in [1.29, 1.82) is 0 Å². The van der Waals surface area contributed by atoms with Gasteiger partial charge in [-0.05, 0) is 25.1 Å². The molecule has 0 bridgehead atoms. The largest absolute Gasteiger partial charge is 0.342 e. The van der Waals surface area contributed by atoms with E-state index >= 15 is 0 Å². The zero-order chi connectivity index (χ0) is 11.5. The maximum atomic E-state index is 3.40. The van der Waals surface area contributed by atoms with Crippen molar-refractivity contribution in [2.45, 2.75) is 33.9 Å². The van der Waals surface area contributed by atoms with Crippen molar-refractivity contribution in [3.8, 4) is 0 Å². The molecule has 2 nitrogen and oxygen atoms in total. The second-order valence-electron chi connectivity index (χ2n) is 4.03. The molecule has 3 rings (SSSR count). The summed E-state index contributed by atoms with van der Waals surface area (Å²) >= 11 is 0. The minimum absolute atomic E-state index is 1.01. The topological polar surface area (TPSA) is 17.0 Å². The Bertz CT molecular complexity index is 483. The molecule has 0 spiro atoms. The highest BCUT2D eigenvalue weighted by atomic mass is 15.1. The third-order valence-corrected chi connectivity index (χ3v) is 2.96. The molecule has 1 aliphatic heterocycles. The lowest BCUT2D eigenvalue weighted by atomic mass is 10.2. The summed E-state index contributed by atoms with van der Waals surface area (Å²) in [5.74, 6) is 0. The summed E-state index contributed by atoms with van der Waals surface area (Å²) in [5, 5.41) is 4.77. The highest BCUT2D eigenvalue weighted by Crippen LogP contribution is 2.22. The van der Waals surface area contributed by atoms with E-state index in [9.17, 15) is 0 Å². The Labute approximate surface area is 97.3 Å². The van der Waals surface area contributed by atoms with Gasteiger partial charge in [-0.1, -0.05) is 25.5 Å². The lowest BCUT2D eigenvalue weighted by Gasteiger charge is -2.16. The quantitative estimate of drug-likeness (QED) is 0.716. The molecule has 2 heteroatoms. The summed E-state index contributed by atoms with van der Waals surface area (Å²) in [6, 6.07) is 8.99. The summed E-state index contributed by atoms with van der Waals surface area (Å²) in [7, 11) is 0. The van der Waals surface area contributed by atoms with Crippen molar-refractivity contribution in [3.63, 3.8) is 0 Å². The number of hydrogen-bond donors (Lipinski definition) is 1. The molecule has 2 heterocycles.